The van der Waals surface area contributed by atoms with Crippen molar-refractivity contribution in [3.8, 4) is 12.3 Å². The Labute approximate surface area is 150 Å². The standard InChI is InChI=1S/C13H17N3O7.C3H8/c1-3-8-7-16(12(19)15-11(8)18)5-4-9(22-2)13(20,21)23-10(17)6-14;1-3-2/h1,7,9,20-21H,4-6,14H2,2H3,(H,15,18,19);3H2,1-2H3. The minimum atomic E-state index is -2.92. The molecule has 1 aromatic heterocycles. The van der Waals surface area contributed by atoms with Gasteiger partial charge in [0.1, 0.15) is 5.56 Å². The monoisotopic (exact) mass is 371 g/mol. The van der Waals surface area contributed by atoms with E-state index in [1.807, 2.05) is 4.98 Å². The van der Waals surface area contributed by atoms with E-state index in [2.05, 4.69) is 24.5 Å². The SMILES string of the molecule is C#Cc1cn(CCC(OC)C(O)(O)OC(=O)CN)c(=O)[nH]c1=O.CCC. The third-order valence-electron chi connectivity index (χ3n) is 2.93. The predicted octanol–water partition coefficient (Wildman–Crippen LogP) is -1.52. The van der Waals surface area contributed by atoms with Crippen molar-refractivity contribution in [2.24, 2.45) is 5.73 Å². The van der Waals surface area contributed by atoms with Crippen molar-refractivity contribution in [1.82, 2.24) is 9.55 Å². The zero-order chi connectivity index (χ0) is 20.3. The number of aromatic nitrogens is 2. The van der Waals surface area contributed by atoms with Gasteiger partial charge in [0.2, 0.25) is 0 Å². The van der Waals surface area contributed by atoms with Crippen molar-refractivity contribution in [2.45, 2.75) is 45.3 Å². The zero-order valence-corrected chi connectivity index (χ0v) is 15.0. The van der Waals surface area contributed by atoms with E-state index in [4.69, 9.17) is 16.9 Å². The van der Waals surface area contributed by atoms with Gasteiger partial charge in [-0.25, -0.2) is 4.79 Å². The molecule has 0 aliphatic rings. The minimum Gasteiger partial charge on any atom is -0.405 e. The number of nitrogens with one attached hydrogen (secondary N) is 1. The molecule has 1 aromatic rings. The number of methoxy groups -OCH3 is 1. The molecule has 0 fully saturated rings. The number of ether oxygens (including phenoxy) is 2. The Bertz CT molecular complexity index is 731. The summed E-state index contributed by atoms with van der Waals surface area (Å²) in [6.45, 7) is 3.61. The van der Waals surface area contributed by atoms with Crippen molar-refractivity contribution < 1.29 is 24.5 Å². The molecule has 0 saturated carbocycles. The Balaban J connectivity index is 0.00000194. The lowest BCUT2D eigenvalue weighted by Crippen LogP contribution is -2.49. The van der Waals surface area contributed by atoms with Crippen molar-refractivity contribution in [1.29, 1.82) is 0 Å². The summed E-state index contributed by atoms with van der Waals surface area (Å²) in [7, 11) is 1.16. The molecule has 1 heterocycles. The van der Waals surface area contributed by atoms with Crippen LogP contribution in [-0.4, -0.2) is 51.5 Å². The highest BCUT2D eigenvalue weighted by Crippen LogP contribution is 2.16. The first-order valence-corrected chi connectivity index (χ1v) is 7.86. The third kappa shape index (κ3) is 7.20. The molecular weight excluding hydrogens is 346 g/mol. The highest BCUT2D eigenvalue weighted by Gasteiger charge is 2.39. The number of terminal acetylenes is 1. The topological polar surface area (TPSA) is 157 Å². The zero-order valence-electron chi connectivity index (χ0n) is 15.0. The van der Waals surface area contributed by atoms with Crippen LogP contribution in [0, 0.1) is 12.3 Å². The fourth-order valence-electron chi connectivity index (χ4n) is 1.77. The van der Waals surface area contributed by atoms with Crippen LogP contribution in [0.15, 0.2) is 15.8 Å². The number of aryl methyl sites for hydroxylation is 1. The van der Waals surface area contributed by atoms with Gasteiger partial charge in [-0.3, -0.25) is 19.1 Å². The molecular formula is C16H25N3O7. The summed E-state index contributed by atoms with van der Waals surface area (Å²) < 4.78 is 10.3. The molecule has 0 aliphatic heterocycles. The summed E-state index contributed by atoms with van der Waals surface area (Å²) in [4.78, 5) is 36.1. The van der Waals surface area contributed by atoms with Crippen LogP contribution in [0.5, 0.6) is 0 Å². The first-order chi connectivity index (χ1) is 12.2. The largest absolute Gasteiger partial charge is 0.405 e. The summed E-state index contributed by atoms with van der Waals surface area (Å²) in [5.41, 5.74) is 3.52. The second kappa shape index (κ2) is 11.2. The number of nitrogens with two attached hydrogens (primary N) is 1. The number of hydrogen-bond acceptors (Lipinski definition) is 8. The molecule has 0 aliphatic carbocycles. The van der Waals surface area contributed by atoms with Crippen LogP contribution < -0.4 is 17.0 Å². The first-order valence-electron chi connectivity index (χ1n) is 7.86. The van der Waals surface area contributed by atoms with E-state index in [0.717, 1.165) is 17.9 Å². The Morgan fingerprint density at radius 3 is 2.50 bits per heavy atom. The van der Waals surface area contributed by atoms with Gasteiger partial charge >= 0.3 is 17.6 Å². The quantitative estimate of drug-likeness (QED) is 0.256. The van der Waals surface area contributed by atoms with Gasteiger partial charge in [-0.15, -0.1) is 6.42 Å². The summed E-state index contributed by atoms with van der Waals surface area (Å²) >= 11 is 0. The molecule has 0 saturated heterocycles. The summed E-state index contributed by atoms with van der Waals surface area (Å²) in [5.74, 6) is -1.86. The molecule has 5 N–H and O–H groups in total. The van der Waals surface area contributed by atoms with Crippen LogP contribution >= 0.6 is 0 Å². The molecule has 0 spiro atoms. The molecule has 1 atom stereocenters. The van der Waals surface area contributed by atoms with Gasteiger partial charge in [-0.1, -0.05) is 26.2 Å². The first kappa shape index (κ1) is 23.5. The maximum atomic E-state index is 11.7. The van der Waals surface area contributed by atoms with E-state index >= 15 is 0 Å². The maximum absolute atomic E-state index is 11.7. The van der Waals surface area contributed by atoms with E-state index < -0.39 is 35.8 Å². The average Bonchev–Trinajstić information content (AvgIpc) is 2.57. The van der Waals surface area contributed by atoms with Crippen LogP contribution in [0.2, 0.25) is 0 Å². The van der Waals surface area contributed by atoms with Gasteiger partial charge in [0.25, 0.3) is 5.56 Å². The lowest BCUT2D eigenvalue weighted by atomic mass is 10.2. The van der Waals surface area contributed by atoms with Gasteiger partial charge in [-0.2, -0.15) is 0 Å². The number of carbonyl (C=O) groups excluding carboxylic acids is 1. The van der Waals surface area contributed by atoms with Gasteiger partial charge < -0.3 is 25.4 Å². The molecule has 0 aromatic carbocycles. The normalized spacial score (nSPS) is 11.7. The van der Waals surface area contributed by atoms with E-state index in [1.165, 1.54) is 6.42 Å². The fraction of sp³-hybridized carbons (Fsp3) is 0.562. The van der Waals surface area contributed by atoms with Gasteiger partial charge in [0.15, 0.2) is 6.10 Å². The lowest BCUT2D eigenvalue weighted by molar-refractivity contribution is -0.361. The summed E-state index contributed by atoms with van der Waals surface area (Å²) in [5, 5.41) is 19.4. The Morgan fingerprint density at radius 2 is 2.04 bits per heavy atom. The second-order valence-electron chi connectivity index (χ2n) is 5.20. The number of aliphatic hydroxyl groups is 2. The van der Waals surface area contributed by atoms with Crippen molar-refractivity contribution in [3.05, 3.63) is 32.6 Å². The number of rotatable bonds is 7. The van der Waals surface area contributed by atoms with Crippen LogP contribution in [0.4, 0.5) is 0 Å². The lowest BCUT2D eigenvalue weighted by Gasteiger charge is -2.29. The minimum absolute atomic E-state index is 0.0626. The van der Waals surface area contributed by atoms with Crippen molar-refractivity contribution in [3.63, 3.8) is 0 Å². The number of hydrogen-bond donors (Lipinski definition) is 4. The molecule has 0 amide bonds. The molecule has 0 bridgehead atoms. The molecule has 26 heavy (non-hydrogen) atoms. The van der Waals surface area contributed by atoms with Crippen molar-refractivity contribution in [2.75, 3.05) is 13.7 Å². The number of carbonyl (C=O) groups is 1. The van der Waals surface area contributed by atoms with Crippen LogP contribution in [0.1, 0.15) is 32.3 Å². The summed E-state index contributed by atoms with van der Waals surface area (Å²) in [6, 6.07) is 0. The fourth-order valence-corrected chi connectivity index (χ4v) is 1.77. The van der Waals surface area contributed by atoms with Crippen molar-refractivity contribution >= 4 is 5.97 Å². The van der Waals surface area contributed by atoms with Crippen LogP contribution in [0.3, 0.4) is 0 Å². The van der Waals surface area contributed by atoms with E-state index in [9.17, 15) is 24.6 Å². The van der Waals surface area contributed by atoms with E-state index in [1.54, 1.807) is 0 Å². The Hall–Kier alpha value is -2.45. The van der Waals surface area contributed by atoms with E-state index in [0.29, 0.717) is 0 Å². The Morgan fingerprint density at radius 1 is 1.46 bits per heavy atom. The second-order valence-corrected chi connectivity index (χ2v) is 5.20. The third-order valence-corrected chi connectivity index (χ3v) is 2.93. The van der Waals surface area contributed by atoms with Crippen LogP contribution in [0.25, 0.3) is 0 Å². The number of aromatic amines is 1. The van der Waals surface area contributed by atoms with Crippen LogP contribution in [-0.2, 0) is 20.8 Å². The molecule has 146 valence electrons. The average molecular weight is 371 g/mol. The molecule has 1 unspecified atom stereocenters. The number of nitrogens with zero attached hydrogens (tertiary/aromatic N) is 1. The molecule has 10 heteroatoms. The smallest absolute Gasteiger partial charge is 0.352 e. The summed E-state index contributed by atoms with van der Waals surface area (Å²) in [6.07, 6.45) is 6.02. The highest BCUT2D eigenvalue weighted by molar-refractivity contribution is 5.71. The molecule has 1 rings (SSSR count). The number of H-pyrrole nitrogens is 1. The molecule has 0 radical (unpaired) electrons. The molecule has 10 nitrogen and oxygen atoms in total. The Kier molecular flexibility index (Phi) is 10.2. The highest BCUT2D eigenvalue weighted by atomic mass is 16.8. The van der Waals surface area contributed by atoms with E-state index in [-0.39, 0.29) is 18.5 Å². The maximum Gasteiger partial charge on any atom is 0.352 e. The van der Waals surface area contributed by atoms with Gasteiger partial charge in [0, 0.05) is 26.3 Å². The number of esters is 1. The van der Waals surface area contributed by atoms with Gasteiger partial charge in [-0.05, 0) is 0 Å². The van der Waals surface area contributed by atoms with Gasteiger partial charge in [0.05, 0.1) is 6.54 Å². The predicted molar refractivity (Wildman–Crippen MR) is 93.0 cm³/mol.